The minimum Gasteiger partial charge on any atom is -0.327 e. The van der Waals surface area contributed by atoms with Crippen molar-refractivity contribution in [1.29, 1.82) is 0 Å². The van der Waals surface area contributed by atoms with Crippen LogP contribution in [0.3, 0.4) is 0 Å². The van der Waals surface area contributed by atoms with Gasteiger partial charge in [0.1, 0.15) is 0 Å². The van der Waals surface area contributed by atoms with E-state index in [1.54, 1.807) is 0 Å². The molecule has 0 spiro atoms. The lowest BCUT2D eigenvalue weighted by atomic mass is 9.90. The molecule has 2 atom stereocenters. The molecule has 0 saturated carbocycles. The van der Waals surface area contributed by atoms with Gasteiger partial charge in [-0.15, -0.1) is 0 Å². The van der Waals surface area contributed by atoms with Crippen molar-refractivity contribution in [3.8, 4) is 0 Å². The molecule has 0 aliphatic carbocycles. The van der Waals surface area contributed by atoms with Gasteiger partial charge in [0.2, 0.25) is 0 Å². The molecule has 0 aromatic carbocycles. The second kappa shape index (κ2) is 3.89. The van der Waals surface area contributed by atoms with E-state index in [1.807, 2.05) is 0 Å². The van der Waals surface area contributed by atoms with Crippen molar-refractivity contribution in [2.24, 2.45) is 17.6 Å². The molecule has 0 fully saturated rings. The lowest BCUT2D eigenvalue weighted by Gasteiger charge is -2.21. The summed E-state index contributed by atoms with van der Waals surface area (Å²) in [5, 5.41) is 0. The predicted octanol–water partition coefficient (Wildman–Crippen LogP) is 2.02. The van der Waals surface area contributed by atoms with E-state index in [2.05, 4.69) is 27.7 Å². The van der Waals surface area contributed by atoms with Crippen LogP contribution < -0.4 is 5.73 Å². The van der Waals surface area contributed by atoms with E-state index >= 15 is 0 Å². The summed E-state index contributed by atoms with van der Waals surface area (Å²) in [6, 6.07) is 0.394. The van der Waals surface area contributed by atoms with Gasteiger partial charge in [-0.05, 0) is 18.3 Å². The maximum Gasteiger partial charge on any atom is 0.00643 e. The van der Waals surface area contributed by atoms with Gasteiger partial charge in [-0.25, -0.2) is 0 Å². The normalized spacial score (nSPS) is 18.0. The topological polar surface area (TPSA) is 26.0 Å². The Kier molecular flexibility index (Phi) is 3.87. The number of rotatable bonds is 3. The predicted molar refractivity (Wildman–Crippen MR) is 42.3 cm³/mol. The highest BCUT2D eigenvalue weighted by atomic mass is 14.6. The third-order valence-corrected chi connectivity index (χ3v) is 2.20. The van der Waals surface area contributed by atoms with Crippen molar-refractivity contribution < 1.29 is 0 Å². The largest absolute Gasteiger partial charge is 0.327 e. The summed E-state index contributed by atoms with van der Waals surface area (Å²) in [6.45, 7) is 8.81. The highest BCUT2D eigenvalue weighted by molar-refractivity contribution is 4.69. The number of nitrogens with two attached hydrogens (primary N) is 1. The zero-order valence-electron chi connectivity index (χ0n) is 7.02. The van der Waals surface area contributed by atoms with Gasteiger partial charge in [0.25, 0.3) is 0 Å². The van der Waals surface area contributed by atoms with Gasteiger partial charge in [-0.2, -0.15) is 0 Å². The maximum atomic E-state index is 5.82. The standard InChI is InChI=1S/C8H19N/c1-5-8(9)7(4)6(2)3/h6-8H,5,9H2,1-4H3. The van der Waals surface area contributed by atoms with E-state index in [0.29, 0.717) is 12.0 Å². The molecule has 0 radical (unpaired) electrons. The average molecular weight is 129 g/mol. The average Bonchev–Trinajstić information content (AvgIpc) is 1.84. The van der Waals surface area contributed by atoms with Crippen LogP contribution in [0.15, 0.2) is 0 Å². The Balaban J connectivity index is 3.58. The molecule has 1 nitrogen and oxygen atoms in total. The lowest BCUT2D eigenvalue weighted by molar-refractivity contribution is 0.340. The Morgan fingerprint density at radius 3 is 1.78 bits per heavy atom. The number of hydrogen-bond donors (Lipinski definition) is 1. The fourth-order valence-corrected chi connectivity index (χ4v) is 0.866. The molecule has 0 aromatic heterocycles. The minimum absolute atomic E-state index is 0.394. The quantitative estimate of drug-likeness (QED) is 0.620. The summed E-state index contributed by atoms with van der Waals surface area (Å²) in [6.07, 6.45) is 1.10. The summed E-state index contributed by atoms with van der Waals surface area (Å²) in [5.74, 6) is 1.38. The molecule has 0 heterocycles. The molecule has 9 heavy (non-hydrogen) atoms. The highest BCUT2D eigenvalue weighted by Gasteiger charge is 2.13. The second-order valence-electron chi connectivity index (χ2n) is 3.18. The van der Waals surface area contributed by atoms with Crippen LogP contribution in [0, 0.1) is 11.8 Å². The van der Waals surface area contributed by atoms with Crippen LogP contribution in [0.5, 0.6) is 0 Å². The monoisotopic (exact) mass is 129 g/mol. The van der Waals surface area contributed by atoms with E-state index in [-0.39, 0.29) is 0 Å². The Morgan fingerprint density at radius 1 is 1.22 bits per heavy atom. The molecule has 1 heteroatoms. The van der Waals surface area contributed by atoms with Gasteiger partial charge in [-0.3, -0.25) is 0 Å². The minimum atomic E-state index is 0.394. The summed E-state index contributed by atoms with van der Waals surface area (Å²) in [5.41, 5.74) is 5.82. The van der Waals surface area contributed by atoms with E-state index in [4.69, 9.17) is 5.73 Å². The Hall–Kier alpha value is -0.0400. The summed E-state index contributed by atoms with van der Waals surface area (Å²) in [7, 11) is 0. The Bertz CT molecular complexity index is 69.0. The first-order chi connectivity index (χ1) is 4.09. The molecule has 2 unspecified atom stereocenters. The smallest absolute Gasteiger partial charge is 0.00643 e. The molecule has 0 bridgehead atoms. The summed E-state index contributed by atoms with van der Waals surface area (Å²) < 4.78 is 0. The van der Waals surface area contributed by atoms with Gasteiger partial charge in [-0.1, -0.05) is 27.7 Å². The van der Waals surface area contributed by atoms with Gasteiger partial charge in [0, 0.05) is 6.04 Å². The second-order valence-corrected chi connectivity index (χ2v) is 3.18. The molecule has 0 rings (SSSR count). The van der Waals surface area contributed by atoms with Crippen molar-refractivity contribution in [1.82, 2.24) is 0 Å². The lowest BCUT2D eigenvalue weighted by Crippen LogP contribution is -2.30. The van der Waals surface area contributed by atoms with Crippen molar-refractivity contribution in [3.63, 3.8) is 0 Å². The maximum absolute atomic E-state index is 5.82. The summed E-state index contributed by atoms with van der Waals surface area (Å²) in [4.78, 5) is 0. The Labute approximate surface area is 58.6 Å². The first kappa shape index (κ1) is 8.96. The van der Waals surface area contributed by atoms with E-state index < -0.39 is 0 Å². The van der Waals surface area contributed by atoms with Crippen molar-refractivity contribution in [2.45, 2.75) is 40.2 Å². The van der Waals surface area contributed by atoms with Gasteiger partial charge in [0.15, 0.2) is 0 Å². The van der Waals surface area contributed by atoms with Crippen molar-refractivity contribution >= 4 is 0 Å². The van der Waals surface area contributed by atoms with E-state index in [0.717, 1.165) is 12.3 Å². The van der Waals surface area contributed by atoms with Gasteiger partial charge >= 0.3 is 0 Å². The molecule has 0 aliphatic rings. The van der Waals surface area contributed by atoms with Crippen LogP contribution in [-0.4, -0.2) is 6.04 Å². The fraction of sp³-hybridized carbons (Fsp3) is 1.00. The SMILES string of the molecule is CCC(N)C(C)C(C)C. The molecule has 0 aromatic rings. The van der Waals surface area contributed by atoms with Crippen LogP contribution >= 0.6 is 0 Å². The molecular formula is C8H19N. The third-order valence-electron chi connectivity index (χ3n) is 2.20. The molecule has 56 valence electrons. The summed E-state index contributed by atoms with van der Waals surface area (Å²) >= 11 is 0. The van der Waals surface area contributed by atoms with Crippen LogP contribution in [0.2, 0.25) is 0 Å². The van der Waals surface area contributed by atoms with Crippen molar-refractivity contribution in [3.05, 3.63) is 0 Å². The van der Waals surface area contributed by atoms with Crippen LogP contribution in [0.25, 0.3) is 0 Å². The molecule has 0 saturated heterocycles. The zero-order chi connectivity index (χ0) is 7.44. The first-order valence-corrected chi connectivity index (χ1v) is 3.85. The molecule has 0 aliphatic heterocycles. The van der Waals surface area contributed by atoms with Gasteiger partial charge in [0.05, 0.1) is 0 Å². The highest BCUT2D eigenvalue weighted by Crippen LogP contribution is 2.14. The van der Waals surface area contributed by atoms with Crippen molar-refractivity contribution in [2.75, 3.05) is 0 Å². The van der Waals surface area contributed by atoms with Crippen LogP contribution in [0.1, 0.15) is 34.1 Å². The zero-order valence-corrected chi connectivity index (χ0v) is 7.02. The van der Waals surface area contributed by atoms with E-state index in [9.17, 15) is 0 Å². The van der Waals surface area contributed by atoms with Crippen LogP contribution in [-0.2, 0) is 0 Å². The van der Waals surface area contributed by atoms with Crippen LogP contribution in [0.4, 0.5) is 0 Å². The molecular weight excluding hydrogens is 110 g/mol. The van der Waals surface area contributed by atoms with Gasteiger partial charge < -0.3 is 5.73 Å². The molecule has 0 amide bonds. The van der Waals surface area contributed by atoms with E-state index in [1.165, 1.54) is 0 Å². The Morgan fingerprint density at radius 2 is 1.67 bits per heavy atom. The fourth-order valence-electron chi connectivity index (χ4n) is 0.866. The third kappa shape index (κ3) is 2.85. The number of hydrogen-bond acceptors (Lipinski definition) is 1. The first-order valence-electron chi connectivity index (χ1n) is 3.85. The molecule has 2 N–H and O–H groups in total.